The summed E-state index contributed by atoms with van der Waals surface area (Å²) >= 11 is 0. The third-order valence-electron chi connectivity index (χ3n) is 5.81. The monoisotopic (exact) mass is 461 g/mol. The zero-order chi connectivity index (χ0) is 24.0. The molecule has 0 unspecified atom stereocenters. The van der Waals surface area contributed by atoms with Crippen molar-refractivity contribution in [3.63, 3.8) is 0 Å². The van der Waals surface area contributed by atoms with Gasteiger partial charge in [-0.1, -0.05) is 6.07 Å². The van der Waals surface area contributed by atoms with E-state index < -0.39 is 18.0 Å². The summed E-state index contributed by atoms with van der Waals surface area (Å²) in [5.41, 5.74) is 1.38. The Balaban J connectivity index is 1.93. The summed E-state index contributed by atoms with van der Waals surface area (Å²) in [6.45, 7) is 3.63. The lowest BCUT2D eigenvalue weighted by Crippen LogP contribution is -2.49. The van der Waals surface area contributed by atoms with E-state index in [0.717, 1.165) is 19.4 Å². The number of piperidine rings is 1. The first-order chi connectivity index (χ1) is 15.9. The van der Waals surface area contributed by atoms with Crippen molar-refractivity contribution in [3.05, 3.63) is 35.0 Å². The summed E-state index contributed by atoms with van der Waals surface area (Å²) in [7, 11) is 4.35. The predicted octanol–water partition coefficient (Wildman–Crippen LogP) is 1.76. The first kappa shape index (κ1) is 24.4. The molecule has 2 heterocycles. The molecule has 0 aromatic heterocycles. The van der Waals surface area contributed by atoms with Crippen LogP contribution in [0, 0.1) is 5.92 Å². The number of amides is 2. The topological polar surface area (TPSA) is 115 Å². The van der Waals surface area contributed by atoms with Crippen LogP contribution in [-0.2, 0) is 19.1 Å². The van der Waals surface area contributed by atoms with Crippen LogP contribution >= 0.6 is 0 Å². The van der Waals surface area contributed by atoms with Crippen molar-refractivity contribution in [2.75, 3.05) is 47.6 Å². The number of carbonyl (C=O) groups is 3. The van der Waals surface area contributed by atoms with E-state index in [-0.39, 0.29) is 18.4 Å². The lowest BCUT2D eigenvalue weighted by molar-refractivity contribution is -0.150. The van der Waals surface area contributed by atoms with Crippen molar-refractivity contribution in [2.45, 2.75) is 25.8 Å². The Labute approximate surface area is 193 Å². The van der Waals surface area contributed by atoms with Crippen molar-refractivity contribution in [1.29, 1.82) is 0 Å². The van der Waals surface area contributed by atoms with E-state index in [1.54, 1.807) is 25.1 Å². The van der Waals surface area contributed by atoms with E-state index in [9.17, 15) is 14.4 Å². The van der Waals surface area contributed by atoms with Gasteiger partial charge in [0.1, 0.15) is 0 Å². The van der Waals surface area contributed by atoms with Crippen molar-refractivity contribution in [3.8, 4) is 11.5 Å². The first-order valence-electron chi connectivity index (χ1n) is 10.9. The Bertz CT molecular complexity index is 931. The van der Waals surface area contributed by atoms with Gasteiger partial charge < -0.3 is 29.6 Å². The van der Waals surface area contributed by atoms with Crippen molar-refractivity contribution in [2.24, 2.45) is 5.92 Å². The maximum absolute atomic E-state index is 12.8. The van der Waals surface area contributed by atoms with Gasteiger partial charge in [-0.15, -0.1) is 0 Å². The van der Waals surface area contributed by atoms with Gasteiger partial charge in [0.2, 0.25) is 0 Å². The minimum Gasteiger partial charge on any atom is -0.493 e. The molecule has 0 spiro atoms. The van der Waals surface area contributed by atoms with Gasteiger partial charge in [-0.25, -0.2) is 9.59 Å². The highest BCUT2D eigenvalue weighted by atomic mass is 16.5. The van der Waals surface area contributed by atoms with Crippen molar-refractivity contribution >= 4 is 18.0 Å². The number of hydrogen-bond donors (Lipinski definition) is 2. The summed E-state index contributed by atoms with van der Waals surface area (Å²) in [6.07, 6.45) is 1.57. The van der Waals surface area contributed by atoms with Gasteiger partial charge in [0.25, 0.3) is 0 Å². The molecule has 180 valence electrons. The summed E-state index contributed by atoms with van der Waals surface area (Å²) in [5, 5.41) is 5.56. The number of benzene rings is 1. The number of ether oxygens (including phenoxy) is 4. The van der Waals surface area contributed by atoms with Gasteiger partial charge in [-0.3, -0.25) is 9.69 Å². The lowest BCUT2D eigenvalue weighted by atomic mass is 9.93. The van der Waals surface area contributed by atoms with E-state index in [2.05, 4.69) is 10.6 Å². The fourth-order valence-corrected chi connectivity index (χ4v) is 4.25. The Hall–Kier alpha value is -3.27. The van der Waals surface area contributed by atoms with E-state index in [1.165, 1.54) is 21.3 Å². The molecule has 10 nitrogen and oxygen atoms in total. The molecular formula is C23H31N3O7. The van der Waals surface area contributed by atoms with Gasteiger partial charge in [-0.05, 0) is 44.0 Å². The van der Waals surface area contributed by atoms with Crippen LogP contribution in [0.15, 0.2) is 29.5 Å². The third-order valence-corrected chi connectivity index (χ3v) is 5.81. The second-order valence-electron chi connectivity index (χ2n) is 7.86. The maximum Gasteiger partial charge on any atom is 0.338 e. The van der Waals surface area contributed by atoms with Crippen LogP contribution in [0.2, 0.25) is 0 Å². The summed E-state index contributed by atoms with van der Waals surface area (Å²) in [5.74, 6) is -0.0105. The van der Waals surface area contributed by atoms with Crippen LogP contribution < -0.4 is 20.1 Å². The van der Waals surface area contributed by atoms with Crippen LogP contribution in [0.5, 0.6) is 11.5 Å². The van der Waals surface area contributed by atoms with Gasteiger partial charge in [0.05, 0.1) is 45.5 Å². The van der Waals surface area contributed by atoms with Crippen LogP contribution in [0.1, 0.15) is 31.4 Å². The molecule has 0 aliphatic carbocycles. The standard InChI is InChI=1S/C23H31N3O7/c1-5-33-21(27)15-7-6-10-26(12-15)13-16-19(22(28)32-4)20(25-23(29)24-16)14-8-9-17(30-2)18(11-14)31-3/h8-9,11,15,20H,5-7,10,12-13H2,1-4H3,(H2,24,25,29)/t15-,20+/m0/s1. The fourth-order valence-electron chi connectivity index (χ4n) is 4.25. The molecule has 1 fully saturated rings. The number of urea groups is 1. The average Bonchev–Trinajstić information content (AvgIpc) is 2.83. The van der Waals surface area contributed by atoms with Gasteiger partial charge in [0.15, 0.2) is 11.5 Å². The Morgan fingerprint density at radius 1 is 1.15 bits per heavy atom. The van der Waals surface area contributed by atoms with E-state index >= 15 is 0 Å². The van der Waals surface area contributed by atoms with Crippen molar-refractivity contribution in [1.82, 2.24) is 15.5 Å². The average molecular weight is 462 g/mol. The quantitative estimate of drug-likeness (QED) is 0.563. The maximum atomic E-state index is 12.8. The van der Waals surface area contributed by atoms with E-state index in [0.29, 0.717) is 41.5 Å². The third kappa shape index (κ3) is 5.57. The fraction of sp³-hybridized carbons (Fsp3) is 0.522. The van der Waals surface area contributed by atoms with E-state index in [4.69, 9.17) is 18.9 Å². The highest BCUT2D eigenvalue weighted by molar-refractivity contribution is 5.95. The number of methoxy groups -OCH3 is 3. The number of nitrogens with zero attached hydrogens (tertiary/aromatic N) is 1. The number of carbonyl (C=O) groups excluding carboxylic acids is 3. The highest BCUT2D eigenvalue weighted by Gasteiger charge is 2.36. The molecule has 0 bridgehead atoms. The van der Waals surface area contributed by atoms with Crippen LogP contribution in [0.25, 0.3) is 0 Å². The second-order valence-corrected chi connectivity index (χ2v) is 7.86. The number of esters is 2. The molecular weight excluding hydrogens is 430 g/mol. The Morgan fingerprint density at radius 2 is 1.91 bits per heavy atom. The zero-order valence-corrected chi connectivity index (χ0v) is 19.4. The minimum absolute atomic E-state index is 0.220. The van der Waals surface area contributed by atoms with Crippen molar-refractivity contribution < 1.29 is 33.3 Å². The molecule has 10 heteroatoms. The molecule has 2 N–H and O–H groups in total. The number of rotatable bonds is 8. The summed E-state index contributed by atoms with van der Waals surface area (Å²) in [6, 6.07) is 4.01. The predicted molar refractivity (Wildman–Crippen MR) is 119 cm³/mol. The second kappa shape index (κ2) is 11.0. The molecule has 0 saturated carbocycles. The minimum atomic E-state index is -0.744. The highest BCUT2D eigenvalue weighted by Crippen LogP contribution is 2.34. The van der Waals surface area contributed by atoms with Crippen LogP contribution in [0.3, 0.4) is 0 Å². The molecule has 0 radical (unpaired) electrons. The molecule has 1 aromatic carbocycles. The van der Waals surface area contributed by atoms with Gasteiger partial charge in [-0.2, -0.15) is 0 Å². The van der Waals surface area contributed by atoms with Crippen LogP contribution in [-0.4, -0.2) is 70.4 Å². The largest absolute Gasteiger partial charge is 0.493 e. The SMILES string of the molecule is CCOC(=O)[C@H]1CCCN(CC2=C(C(=O)OC)[C@@H](c3ccc(OC)c(OC)c3)NC(=O)N2)C1. The summed E-state index contributed by atoms with van der Waals surface area (Å²) < 4.78 is 20.9. The molecule has 2 aliphatic rings. The molecule has 33 heavy (non-hydrogen) atoms. The molecule has 2 amide bonds. The summed E-state index contributed by atoms with van der Waals surface area (Å²) in [4.78, 5) is 39.6. The molecule has 2 atom stereocenters. The zero-order valence-electron chi connectivity index (χ0n) is 19.4. The Kier molecular flexibility index (Phi) is 8.16. The number of nitrogens with one attached hydrogen (secondary N) is 2. The molecule has 3 rings (SSSR count). The molecule has 1 aromatic rings. The first-order valence-corrected chi connectivity index (χ1v) is 10.9. The number of likely N-dealkylation sites (tertiary alicyclic amines) is 1. The molecule has 2 aliphatic heterocycles. The van der Waals surface area contributed by atoms with Gasteiger partial charge >= 0.3 is 18.0 Å². The van der Waals surface area contributed by atoms with E-state index in [1.807, 2.05) is 4.90 Å². The Morgan fingerprint density at radius 3 is 2.58 bits per heavy atom. The lowest BCUT2D eigenvalue weighted by Gasteiger charge is -2.35. The smallest absolute Gasteiger partial charge is 0.338 e. The number of hydrogen-bond acceptors (Lipinski definition) is 8. The normalized spacial score (nSPS) is 21.0. The van der Waals surface area contributed by atoms with Gasteiger partial charge in [0, 0.05) is 18.8 Å². The van der Waals surface area contributed by atoms with Crippen LogP contribution in [0.4, 0.5) is 4.79 Å². The molecule has 1 saturated heterocycles.